The van der Waals surface area contributed by atoms with Crippen LogP contribution in [0.3, 0.4) is 0 Å². The van der Waals surface area contributed by atoms with Crippen molar-refractivity contribution in [2.24, 2.45) is 0 Å². The molecule has 27 heteroatoms. The maximum atomic E-state index is 12.8. The van der Waals surface area contributed by atoms with Gasteiger partial charge in [0.15, 0.2) is 0 Å². The van der Waals surface area contributed by atoms with Crippen LogP contribution >= 0.6 is 103 Å². The van der Waals surface area contributed by atoms with Gasteiger partial charge < -0.3 is 45.3 Å². The Morgan fingerprint density at radius 1 is 0.512 bits per heavy atom. The van der Waals surface area contributed by atoms with Crippen molar-refractivity contribution >= 4 is 182 Å². The number of carbonyl (C=O) groups excluding carboxylic acids is 4. The average molecular weight is 1500 g/mol. The Morgan fingerprint density at radius 2 is 0.942 bits per heavy atom. The monoisotopic (exact) mass is 1490 g/mol. The fraction of sp³-hybridized carbons (Fsp3) is 0.339. The molecule has 2 aliphatic rings. The maximum absolute atomic E-state index is 12.8. The highest BCUT2D eigenvalue weighted by Crippen LogP contribution is 2.28. The lowest BCUT2D eigenvalue weighted by atomic mass is 9.92. The third-order valence-electron chi connectivity index (χ3n) is 13.2. The molecule has 0 saturated heterocycles. The van der Waals surface area contributed by atoms with Gasteiger partial charge in [-0.3, -0.25) is 14.2 Å². The first-order valence-corrected chi connectivity index (χ1v) is 31.2. The topological polar surface area (TPSA) is 273 Å². The molecule has 0 unspecified atom stereocenters. The molecule has 7 N–H and O–H groups in total. The van der Waals surface area contributed by atoms with E-state index in [1.165, 1.54) is 15.3 Å². The Labute approximate surface area is 546 Å². The first kappa shape index (κ1) is 66.1. The number of pyridine rings is 5. The van der Waals surface area contributed by atoms with Crippen molar-refractivity contribution in [1.29, 1.82) is 0 Å². The molecule has 0 bridgehead atoms. The van der Waals surface area contributed by atoms with Gasteiger partial charge in [0.05, 0.1) is 75.7 Å². The van der Waals surface area contributed by atoms with Crippen LogP contribution in [0.2, 0.25) is 25.8 Å². The van der Waals surface area contributed by atoms with Crippen LogP contribution in [-0.2, 0) is 9.47 Å². The van der Waals surface area contributed by atoms with Gasteiger partial charge in [0.25, 0.3) is 11.8 Å². The van der Waals surface area contributed by atoms with E-state index in [4.69, 9.17) is 67.5 Å². The van der Waals surface area contributed by atoms with Crippen molar-refractivity contribution in [2.45, 2.75) is 128 Å². The summed E-state index contributed by atoms with van der Waals surface area (Å²) in [5.41, 5.74) is 6.83. The lowest BCUT2D eigenvalue weighted by Gasteiger charge is -2.28. The minimum Gasteiger partial charge on any atom is -0.443 e. The summed E-state index contributed by atoms with van der Waals surface area (Å²) in [5, 5.41) is 27.8. The number of halogens is 7. The van der Waals surface area contributed by atoms with Gasteiger partial charge in [0.1, 0.15) is 59.0 Å². The zero-order valence-corrected chi connectivity index (χ0v) is 55.4. The van der Waals surface area contributed by atoms with Gasteiger partial charge >= 0.3 is 12.2 Å². The van der Waals surface area contributed by atoms with Crippen LogP contribution in [0.25, 0.3) is 55.2 Å². The third kappa shape index (κ3) is 17.5. The Morgan fingerprint density at radius 3 is 1.49 bits per heavy atom. The van der Waals surface area contributed by atoms with E-state index in [9.17, 15) is 29.4 Å². The second-order valence-electron chi connectivity index (χ2n) is 22.0. The zero-order chi connectivity index (χ0) is 62.2. The average Bonchev–Trinajstić information content (AvgIpc) is 4.41. The van der Waals surface area contributed by atoms with Gasteiger partial charge in [-0.25, -0.2) is 39.1 Å². The number of ether oxygens (including phenoxy) is 2. The van der Waals surface area contributed by atoms with E-state index >= 15 is 0 Å². The van der Waals surface area contributed by atoms with E-state index in [1.807, 2.05) is 51.4 Å². The second-order valence-corrected chi connectivity index (χ2v) is 26.3. The molecule has 86 heavy (non-hydrogen) atoms. The zero-order valence-electron chi connectivity index (χ0n) is 47.3. The standard InChI is InChI=1S/C19H24ClN3O4.C14H16ClN3O2.C12H12ClIN2O2.C7H4ClIN2.C7H5ClN2/c1-19(2,3)27-18(26)23-10-11(16-13(23)8-9-15(20)22-16)17(25)21-12-6-4-5-7-14(12)24;15-12-6-5-10-13(18-12)8(7-16-10)14(20)17-9-3-1-2-4-11(9)19;1-12(2,3)18-11(17)16-6-7(14)10-8(16)4-5-9(13)15-10;8-6-2-1-5-7(11-6)4(9)3-10-5;8-7-2-1-5-6(10-7)3-4-9-5/h8-10,12,14,24H,4-7H2,1-3H3,(H,21,25);5-7,9,11,16,19H,1-4H2,(H,17,20);4-6H,1-3H3;1-3,10H;1-4,9H/t12-,14-;9-,11-;;;/m00.../s1. The van der Waals surface area contributed by atoms with Crippen LogP contribution in [0.4, 0.5) is 9.59 Å². The van der Waals surface area contributed by atoms with Gasteiger partial charge in [-0.2, -0.15) is 0 Å². The van der Waals surface area contributed by atoms with E-state index in [-0.39, 0.29) is 28.7 Å². The number of H-pyrrole nitrogens is 3. The molecule has 20 nitrogen and oxygen atoms in total. The fourth-order valence-electron chi connectivity index (χ4n) is 9.27. The van der Waals surface area contributed by atoms with Gasteiger partial charge in [-0.15, -0.1) is 0 Å². The summed E-state index contributed by atoms with van der Waals surface area (Å²) in [6.07, 6.45) is 13.3. The Hall–Kier alpha value is -5.84. The van der Waals surface area contributed by atoms with Crippen LogP contribution in [0.15, 0.2) is 97.7 Å². The normalized spacial score (nSPS) is 16.8. The molecular formula is C59H61Cl5I2N12O8. The molecule has 454 valence electrons. The van der Waals surface area contributed by atoms with Crippen LogP contribution in [-0.4, -0.2) is 119 Å². The molecule has 0 aliphatic heterocycles. The highest BCUT2D eigenvalue weighted by molar-refractivity contribution is 14.1. The summed E-state index contributed by atoms with van der Waals surface area (Å²) in [7, 11) is 0. The van der Waals surface area contributed by atoms with Crippen LogP contribution in [0.1, 0.15) is 114 Å². The number of rotatable bonds is 4. The number of aliphatic hydroxyl groups is 2. The van der Waals surface area contributed by atoms with E-state index in [2.05, 4.69) is 95.7 Å². The van der Waals surface area contributed by atoms with Crippen LogP contribution in [0, 0.1) is 7.14 Å². The van der Waals surface area contributed by atoms with Gasteiger partial charge in [-0.1, -0.05) is 83.7 Å². The molecule has 4 atom stereocenters. The molecule has 0 aromatic carbocycles. The van der Waals surface area contributed by atoms with Crippen LogP contribution in [0.5, 0.6) is 0 Å². The van der Waals surface area contributed by atoms with E-state index in [0.29, 0.717) is 66.6 Å². The Kier molecular flexibility index (Phi) is 22.3. The van der Waals surface area contributed by atoms with Crippen molar-refractivity contribution < 1.29 is 38.9 Å². The number of nitrogens with zero attached hydrogens (tertiary/aromatic N) is 7. The third-order valence-corrected chi connectivity index (χ3v) is 15.9. The highest BCUT2D eigenvalue weighted by atomic mass is 127. The summed E-state index contributed by atoms with van der Waals surface area (Å²) in [6, 6.07) is 18.8. The van der Waals surface area contributed by atoms with Crippen molar-refractivity contribution in [3.05, 3.63) is 142 Å². The molecule has 10 heterocycles. The largest absolute Gasteiger partial charge is 0.443 e. The number of fused-ring (bicyclic) bond motifs is 5. The summed E-state index contributed by atoms with van der Waals surface area (Å²) in [5.74, 6) is -0.625. The number of carbonyl (C=O) groups is 4. The van der Waals surface area contributed by atoms with E-state index < -0.39 is 41.5 Å². The molecule has 10 aromatic heterocycles. The molecule has 2 fully saturated rings. The second kappa shape index (κ2) is 29.0. The van der Waals surface area contributed by atoms with Crippen molar-refractivity contribution in [3.63, 3.8) is 0 Å². The number of aliphatic hydroxyl groups excluding tert-OH is 2. The molecule has 0 spiro atoms. The number of hydrogen-bond acceptors (Lipinski definition) is 13. The SMILES string of the molecule is CC(C)(C)OC(=O)n1cc(C(=O)N[C@H]2CCCC[C@@H]2O)c2nc(Cl)ccc21.CC(C)(C)OC(=O)n1cc(I)c2nc(Cl)ccc21.Clc1ccc2[nH]cc(I)c2n1.Clc1ccc2[nH]ccc2n1.O=C(N[C@H]1CCCC[C@@H]1O)c1c[nH]c2ccc(Cl)nc12. The minimum absolute atomic E-state index is 0.180. The molecular weight excluding hydrogens is 1440 g/mol. The summed E-state index contributed by atoms with van der Waals surface area (Å²) in [4.78, 5) is 79.7. The van der Waals surface area contributed by atoms with E-state index in [1.54, 1.807) is 81.7 Å². The molecule has 2 saturated carbocycles. The number of aromatic amines is 3. The molecule has 2 aliphatic carbocycles. The van der Waals surface area contributed by atoms with E-state index in [0.717, 1.165) is 73.2 Å². The lowest BCUT2D eigenvalue weighted by molar-refractivity contribution is 0.0532. The first-order valence-electron chi connectivity index (χ1n) is 27.2. The van der Waals surface area contributed by atoms with Crippen molar-refractivity contribution in [3.8, 4) is 0 Å². The van der Waals surface area contributed by atoms with Gasteiger partial charge in [0.2, 0.25) is 0 Å². The van der Waals surface area contributed by atoms with Gasteiger partial charge in [-0.05, 0) is 179 Å². The number of aromatic nitrogens is 10. The molecule has 2 amide bonds. The first-order chi connectivity index (χ1) is 40.7. The summed E-state index contributed by atoms with van der Waals surface area (Å²) >= 11 is 33.4. The predicted octanol–water partition coefficient (Wildman–Crippen LogP) is 14.9. The van der Waals surface area contributed by atoms with Crippen molar-refractivity contribution in [1.82, 2.24) is 59.6 Å². The minimum atomic E-state index is -0.678. The highest BCUT2D eigenvalue weighted by Gasteiger charge is 2.30. The Balaban J connectivity index is 0.000000146. The summed E-state index contributed by atoms with van der Waals surface area (Å²) < 4.78 is 15.4. The van der Waals surface area contributed by atoms with Gasteiger partial charge in [0, 0.05) is 31.0 Å². The number of nitrogens with one attached hydrogen (secondary N) is 5. The summed E-state index contributed by atoms with van der Waals surface area (Å²) in [6.45, 7) is 10.8. The lowest BCUT2D eigenvalue weighted by Crippen LogP contribution is -2.45. The quantitative estimate of drug-likeness (QED) is 0.0639. The maximum Gasteiger partial charge on any atom is 0.419 e. The smallest absolute Gasteiger partial charge is 0.419 e. The number of hydrogen-bond donors (Lipinski definition) is 7. The number of amides is 2. The Bertz CT molecular complexity index is 4060. The predicted molar refractivity (Wildman–Crippen MR) is 353 cm³/mol. The molecule has 0 radical (unpaired) electrons. The molecule has 12 rings (SSSR count). The fourth-order valence-corrected chi connectivity index (χ4v) is 11.3. The molecule has 10 aromatic rings. The van der Waals surface area contributed by atoms with Crippen molar-refractivity contribution in [2.75, 3.05) is 0 Å². The van der Waals surface area contributed by atoms with Crippen LogP contribution < -0.4 is 10.6 Å².